The van der Waals surface area contributed by atoms with Crippen LogP contribution in [-0.2, 0) is 14.8 Å². The van der Waals surface area contributed by atoms with Crippen LogP contribution in [0.3, 0.4) is 0 Å². The maximum atomic E-state index is 13.4. The van der Waals surface area contributed by atoms with Crippen molar-refractivity contribution in [2.75, 3.05) is 18.4 Å². The summed E-state index contributed by atoms with van der Waals surface area (Å²) in [6.45, 7) is 5.93. The highest BCUT2D eigenvalue weighted by Crippen LogP contribution is 2.35. The van der Waals surface area contributed by atoms with Gasteiger partial charge in [0.1, 0.15) is 0 Å². The topological polar surface area (TPSA) is 105 Å². The minimum Gasteiger partial charge on any atom is -0.339 e. The standard InChI is InChI=1S/C21H24N4O4S2/c1-13-7-4-5-9-17(13)23-21(26)16-8-6-10-25(12-16)31(27,28)19-11-18(30-14(19)2)20-22-15(3)29-24-20/h4-5,7,9,11,16H,6,8,10,12H2,1-3H3,(H,23,26). The monoisotopic (exact) mass is 460 g/mol. The van der Waals surface area contributed by atoms with Gasteiger partial charge in [-0.3, -0.25) is 4.79 Å². The van der Waals surface area contributed by atoms with Crippen molar-refractivity contribution in [2.24, 2.45) is 5.92 Å². The van der Waals surface area contributed by atoms with Gasteiger partial charge in [0.25, 0.3) is 0 Å². The first kappa shape index (κ1) is 21.7. The Morgan fingerprint density at radius 2 is 2.03 bits per heavy atom. The summed E-state index contributed by atoms with van der Waals surface area (Å²) in [5, 5.41) is 6.83. The van der Waals surface area contributed by atoms with E-state index in [2.05, 4.69) is 15.5 Å². The molecule has 0 radical (unpaired) electrons. The second-order valence-corrected chi connectivity index (χ2v) is 10.8. The first-order valence-electron chi connectivity index (χ1n) is 10.0. The molecule has 1 saturated heterocycles. The summed E-state index contributed by atoms with van der Waals surface area (Å²) in [6, 6.07) is 9.14. The van der Waals surface area contributed by atoms with Crippen LogP contribution in [0, 0.1) is 26.7 Å². The number of hydrogen-bond donors (Lipinski definition) is 1. The van der Waals surface area contributed by atoms with E-state index in [4.69, 9.17) is 4.52 Å². The van der Waals surface area contributed by atoms with Crippen molar-refractivity contribution in [2.45, 2.75) is 38.5 Å². The summed E-state index contributed by atoms with van der Waals surface area (Å²) in [5.74, 6) is 0.241. The number of rotatable bonds is 5. The Balaban J connectivity index is 1.53. The number of carbonyl (C=O) groups excluding carboxylic acids is 1. The van der Waals surface area contributed by atoms with Crippen LogP contribution in [0.25, 0.3) is 10.7 Å². The van der Waals surface area contributed by atoms with Gasteiger partial charge in [0.15, 0.2) is 0 Å². The number of piperidine rings is 1. The first-order chi connectivity index (χ1) is 14.8. The third-order valence-electron chi connectivity index (χ3n) is 5.40. The Hall–Kier alpha value is -2.56. The predicted molar refractivity (Wildman–Crippen MR) is 118 cm³/mol. The first-order valence-corrected chi connectivity index (χ1v) is 12.3. The highest BCUT2D eigenvalue weighted by molar-refractivity contribution is 7.89. The average molecular weight is 461 g/mol. The zero-order valence-corrected chi connectivity index (χ0v) is 19.2. The number of amides is 1. The molecule has 31 heavy (non-hydrogen) atoms. The van der Waals surface area contributed by atoms with Crippen LogP contribution in [0.2, 0.25) is 0 Å². The fraction of sp³-hybridized carbons (Fsp3) is 0.381. The fourth-order valence-corrected chi connectivity index (χ4v) is 6.70. The van der Waals surface area contributed by atoms with Gasteiger partial charge in [0.05, 0.1) is 15.7 Å². The maximum absolute atomic E-state index is 13.4. The molecule has 4 rings (SSSR count). The van der Waals surface area contributed by atoms with Gasteiger partial charge in [0, 0.05) is 30.6 Å². The number of para-hydroxylation sites is 1. The van der Waals surface area contributed by atoms with Gasteiger partial charge in [-0.15, -0.1) is 11.3 Å². The second-order valence-electron chi connectivity index (χ2n) is 7.67. The van der Waals surface area contributed by atoms with Gasteiger partial charge in [-0.2, -0.15) is 9.29 Å². The third kappa shape index (κ3) is 4.41. The molecular formula is C21H24N4O4S2. The van der Waals surface area contributed by atoms with Gasteiger partial charge in [-0.25, -0.2) is 8.42 Å². The minimum atomic E-state index is -3.74. The molecule has 3 aromatic rings. The van der Waals surface area contributed by atoms with E-state index in [-0.39, 0.29) is 17.3 Å². The molecular weight excluding hydrogens is 436 g/mol. The van der Waals surface area contributed by atoms with E-state index >= 15 is 0 Å². The van der Waals surface area contributed by atoms with Crippen LogP contribution in [0.15, 0.2) is 39.8 Å². The van der Waals surface area contributed by atoms with Gasteiger partial charge in [-0.1, -0.05) is 23.4 Å². The molecule has 1 fully saturated rings. The molecule has 1 amide bonds. The van der Waals surface area contributed by atoms with Crippen molar-refractivity contribution in [3.05, 3.63) is 46.7 Å². The van der Waals surface area contributed by atoms with E-state index < -0.39 is 15.9 Å². The van der Waals surface area contributed by atoms with Gasteiger partial charge in [-0.05, 0) is 44.4 Å². The van der Waals surface area contributed by atoms with Gasteiger partial charge < -0.3 is 9.84 Å². The number of aromatic nitrogens is 2. The number of thiophene rings is 1. The van der Waals surface area contributed by atoms with E-state index in [0.29, 0.717) is 40.9 Å². The molecule has 2 aromatic heterocycles. The summed E-state index contributed by atoms with van der Waals surface area (Å²) < 4.78 is 33.2. The summed E-state index contributed by atoms with van der Waals surface area (Å²) in [5.41, 5.74) is 1.72. The number of nitrogens with one attached hydrogen (secondary N) is 1. The van der Waals surface area contributed by atoms with Crippen LogP contribution in [0.4, 0.5) is 5.69 Å². The van der Waals surface area contributed by atoms with Crippen LogP contribution in [-0.4, -0.2) is 41.9 Å². The number of hydrogen-bond acceptors (Lipinski definition) is 7. The number of nitrogens with zero attached hydrogens (tertiary/aromatic N) is 3. The number of anilines is 1. The molecule has 1 unspecified atom stereocenters. The molecule has 1 N–H and O–H groups in total. The maximum Gasteiger partial charge on any atom is 0.244 e. The van der Waals surface area contributed by atoms with E-state index in [0.717, 1.165) is 11.3 Å². The Morgan fingerprint density at radius 1 is 1.26 bits per heavy atom. The molecule has 1 aliphatic heterocycles. The lowest BCUT2D eigenvalue weighted by Gasteiger charge is -2.31. The molecule has 0 bridgehead atoms. The molecule has 0 saturated carbocycles. The number of carbonyl (C=O) groups is 1. The van der Waals surface area contributed by atoms with E-state index in [1.165, 1.54) is 15.6 Å². The molecule has 3 heterocycles. The zero-order chi connectivity index (χ0) is 22.2. The Kier molecular flexibility index (Phi) is 5.96. The van der Waals surface area contributed by atoms with Gasteiger partial charge in [0.2, 0.25) is 27.6 Å². The molecule has 1 aromatic carbocycles. The second kappa shape index (κ2) is 8.52. The van der Waals surface area contributed by atoms with E-state index in [9.17, 15) is 13.2 Å². The number of sulfonamides is 1. The van der Waals surface area contributed by atoms with Gasteiger partial charge >= 0.3 is 0 Å². The molecule has 164 valence electrons. The van der Waals surface area contributed by atoms with Crippen LogP contribution in [0.5, 0.6) is 0 Å². The normalized spacial score (nSPS) is 17.6. The highest BCUT2D eigenvalue weighted by Gasteiger charge is 2.35. The molecule has 0 spiro atoms. The summed E-state index contributed by atoms with van der Waals surface area (Å²) >= 11 is 1.31. The van der Waals surface area contributed by atoms with Crippen molar-refractivity contribution in [1.82, 2.24) is 14.4 Å². The smallest absolute Gasteiger partial charge is 0.244 e. The van der Waals surface area contributed by atoms with Crippen molar-refractivity contribution in [3.8, 4) is 10.7 Å². The van der Waals surface area contributed by atoms with Crippen LogP contribution < -0.4 is 5.32 Å². The fourth-order valence-electron chi connectivity index (χ4n) is 3.69. The average Bonchev–Trinajstić information content (AvgIpc) is 3.35. The summed E-state index contributed by atoms with van der Waals surface area (Å²) in [7, 11) is -3.74. The van der Waals surface area contributed by atoms with Crippen LogP contribution >= 0.6 is 11.3 Å². The predicted octanol–water partition coefficient (Wildman–Crippen LogP) is 3.76. The molecule has 10 heteroatoms. The van der Waals surface area contributed by atoms with Crippen molar-refractivity contribution < 1.29 is 17.7 Å². The summed E-state index contributed by atoms with van der Waals surface area (Å²) in [4.78, 5) is 18.5. The largest absolute Gasteiger partial charge is 0.339 e. The minimum absolute atomic E-state index is 0.154. The molecule has 8 nitrogen and oxygen atoms in total. The molecule has 1 aliphatic rings. The van der Waals surface area contributed by atoms with Crippen molar-refractivity contribution in [1.29, 1.82) is 0 Å². The Morgan fingerprint density at radius 3 is 2.74 bits per heavy atom. The van der Waals surface area contributed by atoms with E-state index in [1.54, 1.807) is 19.9 Å². The van der Waals surface area contributed by atoms with Crippen molar-refractivity contribution >= 4 is 33.0 Å². The zero-order valence-electron chi connectivity index (χ0n) is 17.6. The number of aryl methyl sites for hydroxylation is 3. The Bertz CT molecular complexity index is 1220. The van der Waals surface area contributed by atoms with E-state index in [1.807, 2.05) is 31.2 Å². The quantitative estimate of drug-likeness (QED) is 0.621. The highest BCUT2D eigenvalue weighted by atomic mass is 32.2. The summed E-state index contributed by atoms with van der Waals surface area (Å²) in [6.07, 6.45) is 1.28. The SMILES string of the molecule is Cc1nc(-c2cc(S(=O)(=O)N3CCCC(C(=O)Nc4ccccc4C)C3)c(C)s2)no1. The third-order valence-corrected chi connectivity index (χ3v) is 8.56. The lowest BCUT2D eigenvalue weighted by Crippen LogP contribution is -2.43. The Labute approximate surface area is 185 Å². The lowest BCUT2D eigenvalue weighted by atomic mass is 9.98. The lowest BCUT2D eigenvalue weighted by molar-refractivity contribution is -0.120. The van der Waals surface area contributed by atoms with Crippen molar-refractivity contribution in [3.63, 3.8) is 0 Å². The number of benzene rings is 1. The van der Waals surface area contributed by atoms with Crippen LogP contribution in [0.1, 0.15) is 29.2 Å². The molecule has 1 atom stereocenters. The molecule has 0 aliphatic carbocycles.